The third kappa shape index (κ3) is 2.44. The molecule has 0 bridgehead atoms. The van der Waals surface area contributed by atoms with Gasteiger partial charge in [0.05, 0.1) is 6.20 Å². The molecule has 0 aliphatic heterocycles. The van der Waals surface area contributed by atoms with Crippen LogP contribution < -0.4 is 4.09 Å². The molecular formula is C23H33N2O3S+. The fourth-order valence-corrected chi connectivity index (χ4v) is 8.97. The predicted molar refractivity (Wildman–Crippen MR) is 110 cm³/mol. The van der Waals surface area contributed by atoms with Crippen molar-refractivity contribution in [1.29, 1.82) is 0 Å². The lowest BCUT2D eigenvalue weighted by Crippen LogP contribution is -2.58. The Bertz CT molecular complexity index is 1010. The number of H-pyrrole nitrogens is 1. The van der Waals surface area contributed by atoms with Gasteiger partial charge in [0.25, 0.3) is 0 Å². The van der Waals surface area contributed by atoms with Gasteiger partial charge in [-0.3, -0.25) is 0 Å². The van der Waals surface area contributed by atoms with E-state index in [0.717, 1.165) is 56.2 Å². The molecule has 5 rings (SSSR count). The van der Waals surface area contributed by atoms with Crippen LogP contribution in [0.1, 0.15) is 63.6 Å². The Kier molecular flexibility index (Phi) is 3.98. The number of hydrogen-bond acceptors (Lipinski definition) is 3. The van der Waals surface area contributed by atoms with Gasteiger partial charge in [-0.2, -0.15) is 13.5 Å². The van der Waals surface area contributed by atoms with Gasteiger partial charge in [0.1, 0.15) is 11.9 Å². The number of nitrogens with one attached hydrogen (secondary N) is 1. The van der Waals surface area contributed by atoms with Gasteiger partial charge in [-0.05, 0) is 74.0 Å². The number of nitrogens with zero attached hydrogens (tertiary/aromatic N) is 1. The first-order valence-corrected chi connectivity index (χ1v) is 12.9. The smallest absolute Gasteiger partial charge is 0.377 e. The summed E-state index contributed by atoms with van der Waals surface area (Å²) >= 11 is 0. The van der Waals surface area contributed by atoms with Crippen molar-refractivity contribution in [3.63, 3.8) is 0 Å². The highest BCUT2D eigenvalue weighted by atomic mass is 32.2. The molecule has 1 aromatic rings. The first kappa shape index (κ1) is 19.6. The number of terminal acetylenes is 1. The van der Waals surface area contributed by atoms with Crippen molar-refractivity contribution < 1.29 is 17.6 Å². The number of fused-ring (bicyclic) bond motifs is 6. The summed E-state index contributed by atoms with van der Waals surface area (Å²) in [5, 5.41) is 14.1. The number of aromatic amines is 1. The lowest BCUT2D eigenvalue weighted by Gasteiger charge is -2.60. The van der Waals surface area contributed by atoms with Crippen LogP contribution in [-0.4, -0.2) is 30.5 Å². The molecule has 3 saturated carbocycles. The van der Waals surface area contributed by atoms with E-state index in [1.54, 1.807) is 0 Å². The molecule has 0 amide bonds. The SMILES string of the molecule is C#C[C@]1(O)CCC2C3CC[C@H]4Cc5c(c[nH][n+]5S(C)(=O)=O)C[C@]4(C)C3CC[C@@]21C. The van der Waals surface area contributed by atoms with E-state index in [1.165, 1.54) is 16.8 Å². The Morgan fingerprint density at radius 1 is 1.21 bits per heavy atom. The van der Waals surface area contributed by atoms with Crippen LogP contribution in [0.3, 0.4) is 0 Å². The Hall–Kier alpha value is -1.32. The highest BCUT2D eigenvalue weighted by Gasteiger charge is 2.64. The van der Waals surface area contributed by atoms with E-state index in [-0.39, 0.29) is 10.8 Å². The first-order valence-electron chi connectivity index (χ1n) is 11.1. The van der Waals surface area contributed by atoms with Gasteiger partial charge in [0.2, 0.25) is 5.69 Å². The van der Waals surface area contributed by atoms with Crippen LogP contribution in [0.25, 0.3) is 0 Å². The molecule has 1 heterocycles. The summed E-state index contributed by atoms with van der Waals surface area (Å²) in [6, 6.07) is 0. The van der Waals surface area contributed by atoms with Crippen molar-refractivity contribution in [2.24, 2.45) is 34.5 Å². The van der Waals surface area contributed by atoms with Gasteiger partial charge in [-0.15, -0.1) is 6.42 Å². The van der Waals surface area contributed by atoms with Gasteiger partial charge in [0, 0.05) is 21.5 Å². The van der Waals surface area contributed by atoms with Crippen molar-refractivity contribution in [3.05, 3.63) is 17.5 Å². The largest absolute Gasteiger partial charge is 0.387 e. The highest BCUT2D eigenvalue weighted by Crippen LogP contribution is 2.67. The molecule has 0 aromatic carbocycles. The van der Waals surface area contributed by atoms with E-state index < -0.39 is 15.6 Å². The van der Waals surface area contributed by atoms with Gasteiger partial charge in [-0.1, -0.05) is 19.8 Å². The minimum atomic E-state index is -3.30. The maximum absolute atomic E-state index is 12.2. The molecule has 0 spiro atoms. The molecule has 5 nitrogen and oxygen atoms in total. The second kappa shape index (κ2) is 5.88. The zero-order valence-corrected chi connectivity index (χ0v) is 18.6. The van der Waals surface area contributed by atoms with Crippen molar-refractivity contribution in [3.8, 4) is 12.3 Å². The maximum Gasteiger partial charge on any atom is 0.387 e. The van der Waals surface area contributed by atoms with Crippen LogP contribution in [-0.2, 0) is 22.9 Å². The molecule has 4 aliphatic rings. The fraction of sp³-hybridized carbons (Fsp3) is 0.783. The second-order valence-electron chi connectivity index (χ2n) is 10.8. The Labute approximate surface area is 174 Å². The molecule has 7 atom stereocenters. The van der Waals surface area contributed by atoms with E-state index in [9.17, 15) is 13.5 Å². The quantitative estimate of drug-likeness (QED) is 0.544. The molecule has 2 N–H and O–H groups in total. The highest BCUT2D eigenvalue weighted by molar-refractivity contribution is 7.84. The average Bonchev–Trinajstić information content (AvgIpc) is 3.18. The molecule has 0 radical (unpaired) electrons. The standard InChI is InChI=1S/C23H32N2O3S/c1-5-23(26)11-9-19-17-7-6-16-12-20-15(14-24-25(20)29(4,27)28)13-21(16,2)18(17)8-10-22(19,23)3/h1,14,16-19,26H,6-13H2,2-4H3/p+1/t16-,17?,18?,19?,21-,22-,23-/m0/s1. The molecule has 3 unspecified atom stereocenters. The third-order valence-electron chi connectivity index (χ3n) is 9.77. The average molecular weight is 418 g/mol. The molecule has 158 valence electrons. The van der Waals surface area contributed by atoms with E-state index >= 15 is 0 Å². The predicted octanol–water partition coefficient (Wildman–Crippen LogP) is 2.43. The molecular weight excluding hydrogens is 384 g/mol. The minimum absolute atomic E-state index is 0.167. The van der Waals surface area contributed by atoms with Crippen LogP contribution >= 0.6 is 0 Å². The minimum Gasteiger partial charge on any atom is -0.377 e. The Balaban J connectivity index is 1.50. The van der Waals surface area contributed by atoms with E-state index in [2.05, 4.69) is 24.9 Å². The molecule has 6 heteroatoms. The van der Waals surface area contributed by atoms with Crippen molar-refractivity contribution >= 4 is 10.0 Å². The first-order chi connectivity index (χ1) is 13.5. The van der Waals surface area contributed by atoms with Crippen LogP contribution in [0.15, 0.2) is 6.20 Å². The van der Waals surface area contributed by atoms with Gasteiger partial charge >= 0.3 is 10.0 Å². The summed E-state index contributed by atoms with van der Waals surface area (Å²) in [5.41, 5.74) is 1.18. The second-order valence-corrected chi connectivity index (χ2v) is 12.6. The molecule has 4 aliphatic carbocycles. The molecule has 1 aromatic heterocycles. The van der Waals surface area contributed by atoms with E-state index in [4.69, 9.17) is 6.42 Å². The van der Waals surface area contributed by atoms with Crippen LogP contribution in [0.5, 0.6) is 0 Å². The van der Waals surface area contributed by atoms with Gasteiger partial charge in [-0.25, -0.2) is 0 Å². The molecule has 3 fully saturated rings. The summed E-state index contributed by atoms with van der Waals surface area (Å²) in [6.45, 7) is 4.68. The summed E-state index contributed by atoms with van der Waals surface area (Å²) in [5.74, 6) is 5.00. The summed E-state index contributed by atoms with van der Waals surface area (Å²) < 4.78 is 25.7. The van der Waals surface area contributed by atoms with E-state index in [0.29, 0.717) is 23.7 Å². The van der Waals surface area contributed by atoms with Crippen molar-refractivity contribution in [2.45, 2.75) is 70.8 Å². The zero-order chi connectivity index (χ0) is 20.8. The summed E-state index contributed by atoms with van der Waals surface area (Å²) in [6.07, 6.45) is 16.9. The maximum atomic E-state index is 12.2. The number of aliphatic hydroxyl groups is 1. The van der Waals surface area contributed by atoms with Crippen molar-refractivity contribution in [1.82, 2.24) is 5.10 Å². The normalized spacial score (nSPS) is 46.2. The Morgan fingerprint density at radius 3 is 2.62 bits per heavy atom. The third-order valence-corrected chi connectivity index (χ3v) is 10.8. The number of hydrogen-bond donors (Lipinski definition) is 2. The van der Waals surface area contributed by atoms with Crippen LogP contribution in [0, 0.1) is 46.8 Å². The van der Waals surface area contributed by atoms with E-state index in [1.807, 2.05) is 6.20 Å². The number of rotatable bonds is 1. The molecule has 0 saturated heterocycles. The number of aromatic nitrogens is 2. The fourth-order valence-electron chi connectivity index (χ4n) is 8.13. The monoisotopic (exact) mass is 417 g/mol. The Morgan fingerprint density at radius 2 is 1.93 bits per heavy atom. The van der Waals surface area contributed by atoms with Crippen LogP contribution in [0.4, 0.5) is 0 Å². The lowest BCUT2D eigenvalue weighted by molar-refractivity contribution is -0.584. The van der Waals surface area contributed by atoms with Gasteiger partial charge < -0.3 is 5.11 Å². The topological polar surface area (TPSA) is 74.0 Å². The lowest BCUT2D eigenvalue weighted by atomic mass is 9.44. The van der Waals surface area contributed by atoms with Crippen molar-refractivity contribution in [2.75, 3.05) is 6.26 Å². The van der Waals surface area contributed by atoms with Crippen LogP contribution in [0.2, 0.25) is 0 Å². The zero-order valence-electron chi connectivity index (χ0n) is 17.7. The summed E-state index contributed by atoms with van der Waals surface area (Å²) in [7, 11) is -3.30. The van der Waals surface area contributed by atoms with Gasteiger partial charge in [0.15, 0.2) is 0 Å². The summed E-state index contributed by atoms with van der Waals surface area (Å²) in [4.78, 5) is 0. The molecule has 29 heavy (non-hydrogen) atoms.